The third kappa shape index (κ3) is 6.80. The lowest BCUT2D eigenvalue weighted by molar-refractivity contribution is -0.119. The van der Waals surface area contributed by atoms with Crippen LogP contribution < -0.4 is 14.8 Å². The quantitative estimate of drug-likeness (QED) is 0.199. The van der Waals surface area contributed by atoms with Crippen molar-refractivity contribution < 1.29 is 19.4 Å². The van der Waals surface area contributed by atoms with Crippen molar-refractivity contribution in [3.63, 3.8) is 0 Å². The molecule has 0 bridgehead atoms. The molecule has 0 spiro atoms. The second kappa shape index (κ2) is 14.3. The van der Waals surface area contributed by atoms with E-state index >= 15 is 0 Å². The number of rotatable bonds is 12. The van der Waals surface area contributed by atoms with E-state index in [1.54, 1.807) is 26.6 Å². The molecule has 2 N–H and O–H groups in total. The topological polar surface area (TPSA) is 123 Å². The average molecular weight is 664 g/mol. The fourth-order valence-corrected chi connectivity index (χ4v) is 6.73. The number of halogens is 2. The highest BCUT2D eigenvalue weighted by atomic mass is 35.5. The molecule has 240 valence electrons. The lowest BCUT2D eigenvalue weighted by Gasteiger charge is -2.37. The Morgan fingerprint density at radius 2 is 1.46 bits per heavy atom. The molecule has 0 radical (unpaired) electrons. The monoisotopic (exact) mass is 662 g/mol. The molecule has 4 heterocycles. The molecular formula is C34H36Cl2N6O4. The number of methoxy groups -OCH3 is 2. The van der Waals surface area contributed by atoms with Gasteiger partial charge in [0, 0.05) is 66.9 Å². The van der Waals surface area contributed by atoms with Gasteiger partial charge in [0.25, 0.3) is 0 Å². The molecule has 2 saturated heterocycles. The van der Waals surface area contributed by atoms with Gasteiger partial charge in [-0.15, -0.1) is 0 Å². The van der Waals surface area contributed by atoms with Gasteiger partial charge in [-0.2, -0.15) is 0 Å². The van der Waals surface area contributed by atoms with Crippen LogP contribution in [0.3, 0.4) is 0 Å². The summed E-state index contributed by atoms with van der Waals surface area (Å²) in [6.07, 6.45) is 7.34. The van der Waals surface area contributed by atoms with Crippen LogP contribution in [0.15, 0.2) is 48.8 Å². The minimum absolute atomic E-state index is 0.123. The normalized spacial score (nSPS) is 16.7. The van der Waals surface area contributed by atoms with Gasteiger partial charge in [-0.25, -0.2) is 9.97 Å². The summed E-state index contributed by atoms with van der Waals surface area (Å²) in [5.74, 6) is 1.32. The molecule has 46 heavy (non-hydrogen) atoms. The zero-order chi connectivity index (χ0) is 32.2. The van der Waals surface area contributed by atoms with E-state index in [2.05, 4.69) is 20.2 Å². The number of aromatic nitrogens is 4. The van der Waals surface area contributed by atoms with Crippen molar-refractivity contribution in [1.82, 2.24) is 30.2 Å². The summed E-state index contributed by atoms with van der Waals surface area (Å²) >= 11 is 14.1. The summed E-state index contributed by atoms with van der Waals surface area (Å²) in [5.41, 5.74) is 5.54. The average Bonchev–Trinajstić information content (AvgIpc) is 3.47. The van der Waals surface area contributed by atoms with Crippen LogP contribution in [-0.4, -0.2) is 75.8 Å². The molecule has 4 aromatic rings. The Morgan fingerprint density at radius 3 is 2.00 bits per heavy atom. The van der Waals surface area contributed by atoms with Gasteiger partial charge < -0.3 is 19.9 Å². The zero-order valence-corrected chi connectivity index (χ0v) is 27.3. The molecule has 2 aromatic carbocycles. The van der Waals surface area contributed by atoms with Crippen LogP contribution in [0.2, 0.25) is 10.0 Å². The lowest BCUT2D eigenvalue weighted by Crippen LogP contribution is -2.47. The van der Waals surface area contributed by atoms with Gasteiger partial charge in [0.15, 0.2) is 0 Å². The second-order valence-corrected chi connectivity index (χ2v) is 12.5. The summed E-state index contributed by atoms with van der Waals surface area (Å²) < 4.78 is 11.2. The maximum atomic E-state index is 11.5. The number of hydrogen-bond acceptors (Lipinski definition) is 9. The molecule has 12 heteroatoms. The Kier molecular flexibility index (Phi) is 9.98. The van der Waals surface area contributed by atoms with Gasteiger partial charge >= 0.3 is 0 Å². The van der Waals surface area contributed by atoms with E-state index in [0.717, 1.165) is 54.9 Å². The molecule has 2 aliphatic heterocycles. The first-order valence-corrected chi connectivity index (χ1v) is 16.1. The number of aliphatic hydroxyl groups is 1. The third-order valence-corrected chi connectivity index (χ3v) is 9.38. The first-order valence-electron chi connectivity index (χ1n) is 15.4. The highest BCUT2D eigenvalue weighted by Crippen LogP contribution is 2.42. The first kappa shape index (κ1) is 32.1. The number of ether oxygens (including phenoxy) is 2. The summed E-state index contributed by atoms with van der Waals surface area (Å²) in [7, 11) is 3.16. The van der Waals surface area contributed by atoms with Crippen LogP contribution >= 0.6 is 23.2 Å². The number of nitrogens with zero attached hydrogens (tertiary/aromatic N) is 5. The fraction of sp³-hybridized carbons (Fsp3) is 0.382. The van der Waals surface area contributed by atoms with Gasteiger partial charge in [0.05, 0.1) is 48.0 Å². The predicted octanol–water partition coefficient (Wildman–Crippen LogP) is 5.62. The van der Waals surface area contributed by atoms with Crippen molar-refractivity contribution >= 4 is 29.1 Å². The van der Waals surface area contributed by atoms with Gasteiger partial charge in [-0.05, 0) is 25.7 Å². The number of aryl methyl sites for hydroxylation is 1. The minimum atomic E-state index is 0.123. The highest BCUT2D eigenvalue weighted by Gasteiger charge is 2.28. The van der Waals surface area contributed by atoms with E-state index in [0.29, 0.717) is 69.6 Å². The smallest absolute Gasteiger partial charge is 0.237 e. The van der Waals surface area contributed by atoms with Crippen LogP contribution in [0, 0.1) is 5.92 Å². The molecule has 1 amide bonds. The standard InChI is InChI=1S/C34H36Cl2N6O4/c1-45-33-26(11-3-6-21-12-13-30(44)39-21)37-14-27(40-33)24-9-4-7-22(31(24)35)23-8-5-10-25(32(23)36)28-15-38-29(34(41-28)46-2)18-42-16-20(17-42)19-43/h4-5,7-10,14-15,20-21,43H,3,6,11-13,16-19H2,1-2H3,(H,39,44)/t21-/m1/s1. The Hall–Kier alpha value is -3.83. The number of amides is 1. The van der Waals surface area contributed by atoms with Crippen molar-refractivity contribution in [2.24, 2.45) is 5.92 Å². The van der Waals surface area contributed by atoms with E-state index in [1.165, 1.54) is 0 Å². The molecule has 0 aliphatic carbocycles. The molecule has 0 unspecified atom stereocenters. The Balaban J connectivity index is 1.23. The van der Waals surface area contributed by atoms with Crippen molar-refractivity contribution in [2.45, 2.75) is 44.7 Å². The number of nitrogens with one attached hydrogen (secondary N) is 1. The fourth-order valence-electron chi connectivity index (χ4n) is 6.08. The molecule has 10 nitrogen and oxygen atoms in total. The summed E-state index contributed by atoms with van der Waals surface area (Å²) in [6, 6.07) is 11.7. The molecule has 2 aliphatic rings. The summed E-state index contributed by atoms with van der Waals surface area (Å²) in [6.45, 7) is 2.43. The van der Waals surface area contributed by atoms with Crippen molar-refractivity contribution in [3.8, 4) is 45.4 Å². The zero-order valence-electron chi connectivity index (χ0n) is 25.8. The highest BCUT2D eigenvalue weighted by molar-refractivity contribution is 6.39. The number of benzene rings is 2. The minimum Gasteiger partial charge on any atom is -0.480 e. The molecular weight excluding hydrogens is 627 g/mol. The van der Waals surface area contributed by atoms with Gasteiger partial charge in [0.1, 0.15) is 11.4 Å². The van der Waals surface area contributed by atoms with E-state index in [-0.39, 0.29) is 18.6 Å². The molecule has 2 aromatic heterocycles. The number of aliphatic hydroxyl groups excluding tert-OH is 1. The van der Waals surface area contributed by atoms with Gasteiger partial charge in [-0.1, -0.05) is 59.6 Å². The second-order valence-electron chi connectivity index (χ2n) is 11.7. The molecule has 1 atom stereocenters. The molecule has 0 saturated carbocycles. The lowest BCUT2D eigenvalue weighted by atomic mass is 9.98. The molecule has 2 fully saturated rings. The van der Waals surface area contributed by atoms with Crippen LogP contribution in [0.1, 0.15) is 37.1 Å². The van der Waals surface area contributed by atoms with Gasteiger partial charge in [-0.3, -0.25) is 19.7 Å². The van der Waals surface area contributed by atoms with Crippen LogP contribution in [-0.2, 0) is 17.8 Å². The van der Waals surface area contributed by atoms with E-state index < -0.39 is 0 Å². The van der Waals surface area contributed by atoms with Crippen molar-refractivity contribution in [3.05, 3.63) is 70.2 Å². The summed E-state index contributed by atoms with van der Waals surface area (Å²) in [5, 5.41) is 13.3. The molecule has 6 rings (SSSR count). The van der Waals surface area contributed by atoms with Gasteiger partial charge in [0.2, 0.25) is 17.7 Å². The van der Waals surface area contributed by atoms with E-state index in [1.807, 2.05) is 36.4 Å². The van der Waals surface area contributed by atoms with Crippen molar-refractivity contribution in [1.29, 1.82) is 0 Å². The Bertz CT molecular complexity index is 1730. The summed E-state index contributed by atoms with van der Waals surface area (Å²) in [4.78, 5) is 32.5. The number of carbonyl (C=O) groups is 1. The largest absolute Gasteiger partial charge is 0.480 e. The van der Waals surface area contributed by atoms with Crippen LogP contribution in [0.4, 0.5) is 0 Å². The number of likely N-dealkylation sites (tertiary alicyclic amines) is 1. The first-order chi connectivity index (χ1) is 22.4. The predicted molar refractivity (Wildman–Crippen MR) is 177 cm³/mol. The maximum Gasteiger partial charge on any atom is 0.237 e. The van der Waals surface area contributed by atoms with Crippen LogP contribution in [0.25, 0.3) is 33.6 Å². The van der Waals surface area contributed by atoms with E-state index in [9.17, 15) is 9.90 Å². The Morgan fingerprint density at radius 1 is 0.891 bits per heavy atom. The number of carbonyl (C=O) groups excluding carboxylic acids is 1. The van der Waals surface area contributed by atoms with E-state index in [4.69, 9.17) is 42.6 Å². The third-order valence-electron chi connectivity index (χ3n) is 8.56. The van der Waals surface area contributed by atoms with Crippen LogP contribution in [0.5, 0.6) is 11.8 Å². The number of hydrogen-bond donors (Lipinski definition) is 2. The Labute approximate surface area is 278 Å². The maximum absolute atomic E-state index is 11.5. The SMILES string of the molecule is COc1nc(-c2cccc(-c3cccc(-c4cnc(CN5CC(CO)C5)c(OC)n4)c3Cl)c2Cl)cnc1CCC[C@@H]1CCC(=O)N1. The van der Waals surface area contributed by atoms with Crippen molar-refractivity contribution in [2.75, 3.05) is 33.9 Å².